The number of unbranched alkanes of at least 4 members (excludes halogenated alkanes) is 1. The minimum absolute atomic E-state index is 0.102. The Morgan fingerprint density at radius 2 is 1.47 bits per heavy atom. The first kappa shape index (κ1) is 23.5. The predicted octanol–water partition coefficient (Wildman–Crippen LogP) is 5.91. The van der Waals surface area contributed by atoms with Crippen molar-refractivity contribution in [3.8, 4) is 11.1 Å². The van der Waals surface area contributed by atoms with Crippen molar-refractivity contribution in [3.05, 3.63) is 59.7 Å². The third-order valence-electron chi connectivity index (χ3n) is 4.68. The summed E-state index contributed by atoms with van der Waals surface area (Å²) in [5.74, 6) is -0.943. The molecule has 0 unspecified atom stereocenters. The summed E-state index contributed by atoms with van der Waals surface area (Å²) in [4.78, 5) is 24.9. The van der Waals surface area contributed by atoms with E-state index in [2.05, 4.69) is 31.2 Å². The van der Waals surface area contributed by atoms with E-state index in [4.69, 9.17) is 9.84 Å². The van der Waals surface area contributed by atoms with Crippen LogP contribution >= 0.6 is 0 Å². The van der Waals surface area contributed by atoms with Crippen LogP contribution in [0.1, 0.15) is 58.1 Å². The van der Waals surface area contributed by atoms with Crippen LogP contribution in [0.3, 0.4) is 0 Å². The Hall–Kier alpha value is -2.82. The van der Waals surface area contributed by atoms with E-state index >= 15 is 0 Å². The van der Waals surface area contributed by atoms with E-state index in [0.29, 0.717) is 6.54 Å². The monoisotopic (exact) mass is 411 g/mol. The highest BCUT2D eigenvalue weighted by molar-refractivity contribution is 5.71. The van der Waals surface area contributed by atoms with Crippen LogP contribution in [0.4, 0.5) is 4.79 Å². The van der Waals surface area contributed by atoms with Crippen LogP contribution in [0.2, 0.25) is 0 Å². The largest absolute Gasteiger partial charge is 0.481 e. The summed E-state index contributed by atoms with van der Waals surface area (Å²) in [5, 5.41) is 8.99. The molecular formula is C25H33NO4. The zero-order valence-electron chi connectivity index (χ0n) is 18.5. The fourth-order valence-corrected chi connectivity index (χ4v) is 3.06. The van der Waals surface area contributed by atoms with Crippen molar-refractivity contribution in [3.63, 3.8) is 0 Å². The molecule has 0 saturated carbocycles. The number of amides is 1. The van der Waals surface area contributed by atoms with Gasteiger partial charge < -0.3 is 14.7 Å². The predicted molar refractivity (Wildman–Crippen MR) is 119 cm³/mol. The number of benzene rings is 2. The van der Waals surface area contributed by atoms with Gasteiger partial charge in [0.25, 0.3) is 0 Å². The molecular weight excluding hydrogens is 378 g/mol. The van der Waals surface area contributed by atoms with Gasteiger partial charge in [0.1, 0.15) is 5.60 Å². The number of rotatable bonds is 9. The van der Waals surface area contributed by atoms with Crippen LogP contribution in [0, 0.1) is 0 Å². The molecule has 0 aliphatic rings. The van der Waals surface area contributed by atoms with Crippen molar-refractivity contribution in [2.45, 2.75) is 65.5 Å². The second-order valence-electron chi connectivity index (χ2n) is 8.54. The maximum Gasteiger partial charge on any atom is 0.410 e. The molecule has 1 amide bonds. The molecule has 30 heavy (non-hydrogen) atoms. The van der Waals surface area contributed by atoms with Crippen molar-refractivity contribution in [1.29, 1.82) is 0 Å². The van der Waals surface area contributed by atoms with E-state index in [1.54, 1.807) is 20.8 Å². The fourth-order valence-electron chi connectivity index (χ4n) is 3.06. The molecule has 2 aromatic rings. The number of carbonyl (C=O) groups excluding carboxylic acids is 1. The van der Waals surface area contributed by atoms with Gasteiger partial charge in [-0.15, -0.1) is 0 Å². The van der Waals surface area contributed by atoms with Gasteiger partial charge in [-0.05, 0) is 55.9 Å². The number of ether oxygens (including phenoxy) is 1. The van der Waals surface area contributed by atoms with Gasteiger partial charge in [0.05, 0.1) is 6.42 Å². The highest BCUT2D eigenvalue weighted by Crippen LogP contribution is 2.22. The number of nitrogens with zero attached hydrogens (tertiary/aromatic N) is 1. The zero-order valence-corrected chi connectivity index (χ0v) is 18.5. The van der Waals surface area contributed by atoms with Crippen LogP contribution < -0.4 is 0 Å². The van der Waals surface area contributed by atoms with Crippen LogP contribution in [-0.4, -0.2) is 34.2 Å². The summed E-state index contributed by atoms with van der Waals surface area (Å²) in [5.41, 5.74) is 3.90. The molecule has 0 heterocycles. The molecule has 5 heteroatoms. The Kier molecular flexibility index (Phi) is 8.46. The summed E-state index contributed by atoms with van der Waals surface area (Å²) in [6, 6.07) is 16.6. The van der Waals surface area contributed by atoms with Crippen molar-refractivity contribution >= 4 is 12.1 Å². The van der Waals surface area contributed by atoms with Crippen molar-refractivity contribution in [2.75, 3.05) is 6.54 Å². The Morgan fingerprint density at radius 3 is 1.93 bits per heavy atom. The molecule has 162 valence electrons. The van der Waals surface area contributed by atoms with Gasteiger partial charge >= 0.3 is 12.1 Å². The van der Waals surface area contributed by atoms with Gasteiger partial charge in [-0.25, -0.2) is 4.79 Å². The average molecular weight is 412 g/mol. The highest BCUT2D eigenvalue weighted by atomic mass is 16.6. The molecule has 0 bridgehead atoms. The summed E-state index contributed by atoms with van der Waals surface area (Å²) >= 11 is 0. The number of carbonyl (C=O) groups is 2. The second kappa shape index (κ2) is 10.8. The quantitative estimate of drug-likeness (QED) is 0.557. The number of carboxylic acids is 1. The van der Waals surface area contributed by atoms with E-state index < -0.39 is 17.7 Å². The fraction of sp³-hybridized carbons (Fsp3) is 0.440. The zero-order chi connectivity index (χ0) is 22.1. The van der Waals surface area contributed by atoms with Crippen LogP contribution in [0.25, 0.3) is 11.1 Å². The van der Waals surface area contributed by atoms with Gasteiger partial charge in [0, 0.05) is 13.1 Å². The minimum Gasteiger partial charge on any atom is -0.481 e. The van der Waals surface area contributed by atoms with Gasteiger partial charge in [-0.1, -0.05) is 61.9 Å². The smallest absolute Gasteiger partial charge is 0.410 e. The maximum atomic E-state index is 12.5. The van der Waals surface area contributed by atoms with Gasteiger partial charge in [-0.2, -0.15) is 0 Å². The molecule has 0 spiro atoms. The number of aryl methyl sites for hydroxylation is 1. The molecule has 0 radical (unpaired) electrons. The lowest BCUT2D eigenvalue weighted by Gasteiger charge is -2.27. The molecule has 0 saturated heterocycles. The molecule has 2 aromatic carbocycles. The third-order valence-corrected chi connectivity index (χ3v) is 4.68. The third kappa shape index (κ3) is 7.90. The van der Waals surface area contributed by atoms with Crippen molar-refractivity contribution in [1.82, 2.24) is 4.90 Å². The Balaban J connectivity index is 2.08. The standard InChI is InChI=1S/C25H33NO4/c1-5-6-7-19-8-12-21(13-9-19)22-14-10-20(11-15-22)18-26(17-16-23(27)28)24(29)30-25(2,3)4/h8-15H,5-7,16-18H2,1-4H3,(H,27,28). The summed E-state index contributed by atoms with van der Waals surface area (Å²) in [6.07, 6.45) is 2.87. The van der Waals surface area contributed by atoms with Crippen LogP contribution in [-0.2, 0) is 22.5 Å². The first-order chi connectivity index (χ1) is 14.2. The lowest BCUT2D eigenvalue weighted by atomic mass is 10.0. The van der Waals surface area contributed by atoms with Gasteiger partial charge in [-0.3, -0.25) is 4.79 Å². The van der Waals surface area contributed by atoms with E-state index in [-0.39, 0.29) is 13.0 Å². The molecule has 0 aliphatic heterocycles. The number of carboxylic acid groups (broad SMARTS) is 1. The first-order valence-corrected chi connectivity index (χ1v) is 10.6. The lowest BCUT2D eigenvalue weighted by molar-refractivity contribution is -0.137. The summed E-state index contributed by atoms with van der Waals surface area (Å²) in [7, 11) is 0. The van der Waals surface area contributed by atoms with E-state index in [1.165, 1.54) is 23.3 Å². The molecule has 0 atom stereocenters. The van der Waals surface area contributed by atoms with E-state index in [1.807, 2.05) is 24.3 Å². The highest BCUT2D eigenvalue weighted by Gasteiger charge is 2.22. The molecule has 0 aliphatic carbocycles. The molecule has 0 aromatic heterocycles. The van der Waals surface area contributed by atoms with Crippen molar-refractivity contribution in [2.24, 2.45) is 0 Å². The second-order valence-corrected chi connectivity index (χ2v) is 8.54. The topological polar surface area (TPSA) is 66.8 Å². The summed E-state index contributed by atoms with van der Waals surface area (Å²) in [6.45, 7) is 7.99. The molecule has 2 rings (SSSR count). The Bertz CT molecular complexity index is 820. The van der Waals surface area contributed by atoms with E-state index in [9.17, 15) is 9.59 Å². The molecule has 1 N–H and O–H groups in total. The number of hydrogen-bond acceptors (Lipinski definition) is 3. The molecule has 5 nitrogen and oxygen atoms in total. The summed E-state index contributed by atoms with van der Waals surface area (Å²) < 4.78 is 5.43. The number of aliphatic carboxylic acids is 1. The maximum absolute atomic E-state index is 12.5. The number of hydrogen-bond donors (Lipinski definition) is 1. The van der Waals surface area contributed by atoms with Crippen LogP contribution in [0.15, 0.2) is 48.5 Å². The Morgan fingerprint density at radius 1 is 0.933 bits per heavy atom. The minimum atomic E-state index is -0.943. The lowest BCUT2D eigenvalue weighted by Crippen LogP contribution is -2.37. The first-order valence-electron chi connectivity index (χ1n) is 10.6. The van der Waals surface area contributed by atoms with Gasteiger partial charge in [0.15, 0.2) is 0 Å². The average Bonchev–Trinajstić information content (AvgIpc) is 2.69. The van der Waals surface area contributed by atoms with Crippen molar-refractivity contribution < 1.29 is 19.4 Å². The normalized spacial score (nSPS) is 11.2. The molecule has 0 fully saturated rings. The van der Waals surface area contributed by atoms with Crippen LogP contribution in [0.5, 0.6) is 0 Å². The van der Waals surface area contributed by atoms with Gasteiger partial charge in [0.2, 0.25) is 0 Å². The van der Waals surface area contributed by atoms with E-state index in [0.717, 1.165) is 23.1 Å². The SMILES string of the molecule is CCCCc1ccc(-c2ccc(CN(CCC(=O)O)C(=O)OC(C)(C)C)cc2)cc1. The Labute approximate surface area is 179 Å².